The van der Waals surface area contributed by atoms with Gasteiger partial charge in [-0.05, 0) is 41.5 Å². The zero-order chi connectivity index (χ0) is 26.5. The van der Waals surface area contributed by atoms with Crippen molar-refractivity contribution >= 4 is 44.9 Å². The van der Waals surface area contributed by atoms with E-state index in [2.05, 4.69) is 20.8 Å². The van der Waals surface area contributed by atoms with Crippen LogP contribution in [0.25, 0.3) is 0 Å². The molecular formula is C24H25Cl2N5O4S. The monoisotopic (exact) mass is 549 g/mol. The molecule has 1 heterocycles. The van der Waals surface area contributed by atoms with Crippen molar-refractivity contribution in [1.29, 1.82) is 5.26 Å². The number of hydrogen-bond donors (Lipinski definition) is 2. The van der Waals surface area contributed by atoms with Gasteiger partial charge in [0.25, 0.3) is 0 Å². The molecule has 3 N–H and O–H groups in total. The number of nitriles is 1. The van der Waals surface area contributed by atoms with Gasteiger partial charge in [0, 0.05) is 11.6 Å². The third kappa shape index (κ3) is 6.69. The number of halogens is 2. The largest absolute Gasteiger partial charge is 0.489 e. The molecule has 0 amide bonds. The van der Waals surface area contributed by atoms with E-state index >= 15 is 0 Å². The van der Waals surface area contributed by atoms with Gasteiger partial charge in [0.15, 0.2) is 5.75 Å². The lowest BCUT2D eigenvalue weighted by molar-refractivity contribution is 0.303. The number of nitrogen functional groups attached to an aromatic ring is 1. The summed E-state index contributed by atoms with van der Waals surface area (Å²) >= 11 is 12.1. The first kappa shape index (κ1) is 27.3. The number of aromatic nitrogens is 2. The summed E-state index contributed by atoms with van der Waals surface area (Å²) in [6.45, 7) is 4.28. The number of anilines is 2. The second kappa shape index (κ2) is 11.2. The first-order valence-electron chi connectivity index (χ1n) is 10.7. The lowest BCUT2D eigenvalue weighted by Crippen LogP contribution is -2.20. The zero-order valence-corrected chi connectivity index (χ0v) is 22.2. The fourth-order valence-electron chi connectivity index (χ4n) is 3.40. The fraction of sp³-hybridized carbons (Fsp3) is 0.292. The number of nitrogens with two attached hydrogens (primary N) is 1. The van der Waals surface area contributed by atoms with Crippen LogP contribution in [0.5, 0.6) is 11.5 Å². The van der Waals surface area contributed by atoms with Crippen molar-refractivity contribution in [1.82, 2.24) is 9.97 Å². The molecule has 0 fully saturated rings. The van der Waals surface area contributed by atoms with Crippen molar-refractivity contribution in [3.8, 4) is 17.6 Å². The summed E-state index contributed by atoms with van der Waals surface area (Å²) in [5.41, 5.74) is 8.60. The number of sulfonamides is 1. The first-order valence-corrected chi connectivity index (χ1v) is 13.5. The Morgan fingerprint density at radius 2 is 1.92 bits per heavy atom. The Bertz CT molecular complexity index is 1410. The number of benzene rings is 2. The number of alkyl halides is 1. The van der Waals surface area contributed by atoms with E-state index in [1.54, 1.807) is 30.3 Å². The van der Waals surface area contributed by atoms with Crippen LogP contribution in [0, 0.1) is 11.3 Å². The predicted molar refractivity (Wildman–Crippen MR) is 140 cm³/mol. The molecule has 0 saturated carbocycles. The van der Waals surface area contributed by atoms with E-state index in [-0.39, 0.29) is 25.0 Å². The minimum atomic E-state index is -3.50. The Labute approximate surface area is 220 Å². The van der Waals surface area contributed by atoms with Gasteiger partial charge in [-0.2, -0.15) is 5.26 Å². The molecule has 9 nitrogen and oxygen atoms in total. The minimum absolute atomic E-state index is 0.0434. The van der Waals surface area contributed by atoms with Crippen LogP contribution in [-0.2, 0) is 22.0 Å². The maximum Gasteiger partial charge on any atom is 0.236 e. The van der Waals surface area contributed by atoms with Gasteiger partial charge in [-0.25, -0.2) is 18.4 Å². The molecule has 0 atom stereocenters. The fourth-order valence-corrected chi connectivity index (χ4v) is 4.18. The maximum absolute atomic E-state index is 11.4. The highest BCUT2D eigenvalue weighted by Crippen LogP contribution is 2.39. The molecular weight excluding hydrogens is 525 g/mol. The van der Waals surface area contributed by atoms with Crippen molar-refractivity contribution in [3.05, 3.63) is 70.0 Å². The summed E-state index contributed by atoms with van der Waals surface area (Å²) in [6.07, 6.45) is 2.45. The molecule has 0 aliphatic rings. The average molecular weight is 550 g/mol. The van der Waals surface area contributed by atoms with Crippen molar-refractivity contribution in [2.24, 2.45) is 0 Å². The summed E-state index contributed by atoms with van der Waals surface area (Å²) in [6, 6.07) is 12.7. The van der Waals surface area contributed by atoms with Gasteiger partial charge in [0.1, 0.15) is 25.0 Å². The van der Waals surface area contributed by atoms with E-state index in [1.165, 1.54) is 6.20 Å². The van der Waals surface area contributed by atoms with Crippen LogP contribution in [0.1, 0.15) is 36.2 Å². The number of rotatable bonds is 10. The highest BCUT2D eigenvalue weighted by Gasteiger charge is 2.27. The number of nitrogens with one attached hydrogen (secondary N) is 1. The highest BCUT2D eigenvalue weighted by atomic mass is 35.5. The summed E-state index contributed by atoms with van der Waals surface area (Å²) in [5, 5.41) is 9.93. The average Bonchev–Trinajstić information content (AvgIpc) is 2.81. The van der Waals surface area contributed by atoms with Crippen LogP contribution < -0.4 is 19.9 Å². The minimum Gasteiger partial charge on any atom is -0.489 e. The first-order chi connectivity index (χ1) is 16.9. The van der Waals surface area contributed by atoms with Gasteiger partial charge in [0.2, 0.25) is 16.0 Å². The van der Waals surface area contributed by atoms with Crippen molar-refractivity contribution in [2.75, 3.05) is 29.2 Å². The molecule has 3 aromatic rings. The molecule has 0 radical (unpaired) electrons. The standard InChI is InChI=1S/C24H25Cl2N5O4S/c1-24(2,17-10-15(13-27)22(19(26)11-17)34-9-7-25)16-4-5-21(20(28)12-16)35-14-18-6-8-29-23(30-18)31-36(3,32)33/h4-6,8,10-12H,7,9,14,28H2,1-3H3,(H,29,30,31). The second-order valence-corrected chi connectivity index (χ2v) is 10.9. The van der Waals surface area contributed by atoms with Gasteiger partial charge >= 0.3 is 0 Å². The van der Waals surface area contributed by atoms with E-state index in [0.29, 0.717) is 33.5 Å². The van der Waals surface area contributed by atoms with Gasteiger partial charge in [0.05, 0.1) is 34.1 Å². The predicted octanol–water partition coefficient (Wildman–Crippen LogP) is 4.48. The molecule has 0 unspecified atom stereocenters. The molecule has 0 bridgehead atoms. The van der Waals surface area contributed by atoms with Crippen LogP contribution in [0.15, 0.2) is 42.6 Å². The molecule has 0 spiro atoms. The van der Waals surface area contributed by atoms with Gasteiger partial charge in [-0.1, -0.05) is 31.5 Å². The van der Waals surface area contributed by atoms with Crippen LogP contribution in [0.4, 0.5) is 11.6 Å². The summed E-state index contributed by atoms with van der Waals surface area (Å²) < 4.78 is 36.4. The van der Waals surface area contributed by atoms with Crippen molar-refractivity contribution < 1.29 is 17.9 Å². The Balaban J connectivity index is 1.81. The van der Waals surface area contributed by atoms with Gasteiger partial charge < -0.3 is 15.2 Å². The smallest absolute Gasteiger partial charge is 0.236 e. The molecule has 3 rings (SSSR count). The van der Waals surface area contributed by atoms with E-state index in [9.17, 15) is 13.7 Å². The molecule has 2 aromatic carbocycles. The lowest BCUT2D eigenvalue weighted by Gasteiger charge is -2.28. The van der Waals surface area contributed by atoms with Crippen LogP contribution >= 0.6 is 23.2 Å². The quantitative estimate of drug-likeness (QED) is 0.278. The second-order valence-electron chi connectivity index (χ2n) is 8.40. The topological polar surface area (TPSA) is 140 Å². The van der Waals surface area contributed by atoms with Crippen LogP contribution in [0.2, 0.25) is 5.02 Å². The molecule has 36 heavy (non-hydrogen) atoms. The third-order valence-electron chi connectivity index (χ3n) is 5.31. The van der Waals surface area contributed by atoms with Gasteiger partial charge in [-0.15, -0.1) is 11.6 Å². The van der Waals surface area contributed by atoms with Gasteiger partial charge in [-0.3, -0.25) is 4.72 Å². The Kier molecular flexibility index (Phi) is 8.51. The summed E-state index contributed by atoms with van der Waals surface area (Å²) in [7, 11) is -3.50. The van der Waals surface area contributed by atoms with Crippen molar-refractivity contribution in [2.45, 2.75) is 25.9 Å². The third-order valence-corrected chi connectivity index (χ3v) is 6.29. The number of hydrogen-bond acceptors (Lipinski definition) is 8. The molecule has 190 valence electrons. The highest BCUT2D eigenvalue weighted by molar-refractivity contribution is 7.91. The molecule has 0 saturated heterocycles. The van der Waals surface area contributed by atoms with Crippen molar-refractivity contribution in [3.63, 3.8) is 0 Å². The van der Waals surface area contributed by atoms with Crippen LogP contribution in [-0.4, -0.2) is 37.1 Å². The van der Waals surface area contributed by atoms with Crippen LogP contribution in [0.3, 0.4) is 0 Å². The Morgan fingerprint density at radius 1 is 1.17 bits per heavy atom. The lowest BCUT2D eigenvalue weighted by atomic mass is 9.77. The zero-order valence-electron chi connectivity index (χ0n) is 19.9. The Morgan fingerprint density at radius 3 is 2.56 bits per heavy atom. The molecule has 1 aromatic heterocycles. The van der Waals surface area contributed by atoms with E-state index < -0.39 is 15.4 Å². The number of nitrogens with zero attached hydrogens (tertiary/aromatic N) is 3. The maximum atomic E-state index is 11.4. The summed E-state index contributed by atoms with van der Waals surface area (Å²) in [5.74, 6) is 0.977. The SMILES string of the molecule is CC(C)(c1ccc(OCc2ccnc(NS(C)(=O)=O)n2)c(N)c1)c1cc(Cl)c(OCCCl)c(C#N)c1. The summed E-state index contributed by atoms with van der Waals surface area (Å²) in [4.78, 5) is 8.00. The Hall–Kier alpha value is -3.26. The van der Waals surface area contributed by atoms with E-state index in [0.717, 1.165) is 17.4 Å². The molecule has 0 aliphatic heterocycles. The normalized spacial score (nSPS) is 11.6. The number of ether oxygens (including phenoxy) is 2. The van der Waals surface area contributed by atoms with E-state index in [4.69, 9.17) is 38.4 Å². The van der Waals surface area contributed by atoms with E-state index in [1.807, 2.05) is 19.9 Å². The molecule has 0 aliphatic carbocycles. The molecule has 12 heteroatoms.